The molecule has 2 N–H and O–H groups in total. The number of likely N-dealkylation sites (N-methyl/N-ethyl adjacent to an activating group) is 1. The van der Waals surface area contributed by atoms with Crippen LogP contribution in [0.4, 0.5) is 0 Å². The maximum Gasteiger partial charge on any atom is 0.255 e. The maximum absolute atomic E-state index is 12.8. The summed E-state index contributed by atoms with van der Waals surface area (Å²) in [5.74, 6) is -0.389. The fourth-order valence-corrected chi connectivity index (χ4v) is 3.36. The summed E-state index contributed by atoms with van der Waals surface area (Å²) in [5.41, 5.74) is 7.00. The molecule has 1 saturated heterocycles. The lowest BCUT2D eigenvalue weighted by Gasteiger charge is -2.22. The minimum absolute atomic E-state index is 0.00159. The lowest BCUT2D eigenvalue weighted by Crippen LogP contribution is -2.31. The van der Waals surface area contributed by atoms with E-state index in [1.54, 1.807) is 4.57 Å². The van der Waals surface area contributed by atoms with E-state index in [9.17, 15) is 9.59 Å². The molecule has 3 rings (SSSR count). The summed E-state index contributed by atoms with van der Waals surface area (Å²) in [6.07, 6.45) is 0.848. The monoisotopic (exact) mass is 327 g/mol. The summed E-state index contributed by atoms with van der Waals surface area (Å²) < 4.78 is 6.96. The van der Waals surface area contributed by atoms with Gasteiger partial charge in [0.05, 0.1) is 18.8 Å². The Morgan fingerprint density at radius 3 is 2.54 bits per heavy atom. The van der Waals surface area contributed by atoms with E-state index in [0.717, 1.165) is 25.1 Å². The second-order valence-electron chi connectivity index (χ2n) is 6.08. The third kappa shape index (κ3) is 2.80. The summed E-state index contributed by atoms with van der Waals surface area (Å²) in [6.45, 7) is 1.66. The van der Waals surface area contributed by atoms with Gasteiger partial charge in [0, 0.05) is 12.6 Å². The molecule has 1 amide bonds. The summed E-state index contributed by atoms with van der Waals surface area (Å²) >= 11 is 0. The topological polar surface area (TPSA) is 77.6 Å². The van der Waals surface area contributed by atoms with Crippen molar-refractivity contribution in [3.05, 3.63) is 52.3 Å². The van der Waals surface area contributed by atoms with Crippen LogP contribution in [0.3, 0.4) is 0 Å². The Labute approximate surface area is 140 Å². The molecule has 2 aromatic rings. The first-order valence-electron chi connectivity index (χ1n) is 7.90. The maximum atomic E-state index is 12.8. The zero-order chi connectivity index (χ0) is 17.3. The Hall–Kier alpha value is -2.60. The van der Waals surface area contributed by atoms with E-state index in [4.69, 9.17) is 10.5 Å². The van der Waals surface area contributed by atoms with Gasteiger partial charge in [0.15, 0.2) is 0 Å². The molecule has 0 saturated carbocycles. The standard InChI is InChI=1S/C18H21N3O3/c1-20-9-8-13(11-20)21-15(22)10-14(24-2)16(18(19)23)17(21)12-6-4-3-5-7-12/h3-7,10,13H,8-9,11H2,1-2H3,(H2,19,23)/t13-/m0/s1. The third-order valence-electron chi connectivity index (χ3n) is 4.46. The number of carbonyl (C=O) groups is 1. The predicted molar refractivity (Wildman–Crippen MR) is 92.4 cm³/mol. The molecule has 0 bridgehead atoms. The SMILES string of the molecule is COc1cc(=O)n([C@H]2CCN(C)C2)c(-c2ccccc2)c1C(N)=O. The van der Waals surface area contributed by atoms with E-state index in [-0.39, 0.29) is 22.9 Å². The Balaban J connectivity index is 2.34. The van der Waals surface area contributed by atoms with E-state index in [0.29, 0.717) is 5.69 Å². The summed E-state index contributed by atoms with van der Waals surface area (Å²) in [5, 5.41) is 0. The molecule has 2 heterocycles. The van der Waals surface area contributed by atoms with E-state index >= 15 is 0 Å². The number of hydrogen-bond acceptors (Lipinski definition) is 4. The van der Waals surface area contributed by atoms with Gasteiger partial charge in [0.25, 0.3) is 11.5 Å². The normalized spacial score (nSPS) is 17.8. The van der Waals surface area contributed by atoms with Gasteiger partial charge in [-0.2, -0.15) is 0 Å². The summed E-state index contributed by atoms with van der Waals surface area (Å²) in [7, 11) is 3.45. The molecule has 6 heteroatoms. The summed E-state index contributed by atoms with van der Waals surface area (Å²) in [6, 6.07) is 10.7. The van der Waals surface area contributed by atoms with Crippen molar-refractivity contribution in [2.24, 2.45) is 5.73 Å². The molecule has 24 heavy (non-hydrogen) atoms. The zero-order valence-corrected chi connectivity index (χ0v) is 13.9. The van der Waals surface area contributed by atoms with Crippen molar-refractivity contribution in [1.82, 2.24) is 9.47 Å². The van der Waals surface area contributed by atoms with E-state index in [1.807, 2.05) is 37.4 Å². The molecule has 1 aromatic heterocycles. The smallest absolute Gasteiger partial charge is 0.255 e. The van der Waals surface area contributed by atoms with Crippen molar-refractivity contribution in [1.29, 1.82) is 0 Å². The number of amides is 1. The van der Waals surface area contributed by atoms with Crippen LogP contribution in [0, 0.1) is 0 Å². The van der Waals surface area contributed by atoms with Gasteiger partial charge in [-0.05, 0) is 25.6 Å². The number of primary amides is 1. The first kappa shape index (κ1) is 16.3. The van der Waals surface area contributed by atoms with Crippen LogP contribution in [0.15, 0.2) is 41.2 Å². The second-order valence-corrected chi connectivity index (χ2v) is 6.08. The third-order valence-corrected chi connectivity index (χ3v) is 4.46. The van der Waals surface area contributed by atoms with E-state index < -0.39 is 5.91 Å². The van der Waals surface area contributed by atoms with Crippen LogP contribution in [0.25, 0.3) is 11.3 Å². The molecule has 0 unspecified atom stereocenters. The number of rotatable bonds is 4. The highest BCUT2D eigenvalue weighted by molar-refractivity contribution is 6.01. The van der Waals surface area contributed by atoms with Crippen LogP contribution in [0.5, 0.6) is 5.75 Å². The Morgan fingerprint density at radius 1 is 1.29 bits per heavy atom. The van der Waals surface area contributed by atoms with Gasteiger partial charge in [-0.1, -0.05) is 30.3 Å². The van der Waals surface area contributed by atoms with E-state index in [2.05, 4.69) is 4.90 Å². The highest BCUT2D eigenvalue weighted by Crippen LogP contribution is 2.33. The Kier molecular flexibility index (Phi) is 4.40. The average Bonchev–Trinajstić information content (AvgIpc) is 3.00. The van der Waals surface area contributed by atoms with Gasteiger partial charge in [0.1, 0.15) is 11.3 Å². The predicted octanol–water partition coefficient (Wildman–Crippen LogP) is 1.50. The number of benzene rings is 1. The number of pyridine rings is 1. The molecule has 1 fully saturated rings. The molecule has 1 aromatic carbocycles. The molecule has 0 radical (unpaired) electrons. The molecule has 0 spiro atoms. The fourth-order valence-electron chi connectivity index (χ4n) is 3.36. The number of nitrogens with zero attached hydrogens (tertiary/aromatic N) is 2. The lowest BCUT2D eigenvalue weighted by atomic mass is 10.0. The van der Waals surface area contributed by atoms with Gasteiger partial charge in [-0.3, -0.25) is 9.59 Å². The molecular weight excluding hydrogens is 306 g/mol. The van der Waals surface area contributed by atoms with E-state index in [1.165, 1.54) is 13.2 Å². The van der Waals surface area contributed by atoms with Gasteiger partial charge < -0.3 is 19.9 Å². The van der Waals surface area contributed by atoms with Crippen LogP contribution < -0.4 is 16.0 Å². The van der Waals surface area contributed by atoms with Gasteiger partial charge in [-0.25, -0.2) is 0 Å². The van der Waals surface area contributed by atoms with Gasteiger partial charge in [0.2, 0.25) is 0 Å². The van der Waals surface area contributed by atoms with Crippen molar-refractivity contribution < 1.29 is 9.53 Å². The zero-order valence-electron chi connectivity index (χ0n) is 13.9. The first-order valence-corrected chi connectivity index (χ1v) is 7.90. The van der Waals surface area contributed by atoms with Crippen molar-refractivity contribution in [3.63, 3.8) is 0 Å². The molecule has 126 valence electrons. The molecule has 6 nitrogen and oxygen atoms in total. The van der Waals surface area contributed by atoms with Crippen molar-refractivity contribution in [3.8, 4) is 17.0 Å². The van der Waals surface area contributed by atoms with Crippen LogP contribution >= 0.6 is 0 Å². The Bertz CT molecular complexity index is 814. The molecular formula is C18H21N3O3. The molecule has 1 atom stereocenters. The number of nitrogens with two attached hydrogens (primary N) is 1. The van der Waals surface area contributed by atoms with Crippen molar-refractivity contribution >= 4 is 5.91 Å². The van der Waals surface area contributed by atoms with Gasteiger partial charge >= 0.3 is 0 Å². The van der Waals surface area contributed by atoms with Crippen LogP contribution in [0.1, 0.15) is 22.8 Å². The van der Waals surface area contributed by atoms with Gasteiger partial charge in [-0.15, -0.1) is 0 Å². The average molecular weight is 327 g/mol. The number of methoxy groups -OCH3 is 1. The fraction of sp³-hybridized carbons (Fsp3) is 0.333. The number of ether oxygens (including phenoxy) is 1. The molecule has 1 aliphatic rings. The largest absolute Gasteiger partial charge is 0.496 e. The second kappa shape index (κ2) is 6.49. The highest BCUT2D eigenvalue weighted by Gasteiger charge is 2.29. The van der Waals surface area contributed by atoms with Crippen molar-refractivity contribution in [2.45, 2.75) is 12.5 Å². The van der Waals surface area contributed by atoms with Crippen LogP contribution in [-0.4, -0.2) is 42.6 Å². The minimum Gasteiger partial charge on any atom is -0.496 e. The lowest BCUT2D eigenvalue weighted by molar-refractivity contribution is 0.0997. The minimum atomic E-state index is -0.606. The highest BCUT2D eigenvalue weighted by atomic mass is 16.5. The number of carbonyl (C=O) groups excluding carboxylic acids is 1. The van der Waals surface area contributed by atoms with Crippen LogP contribution in [-0.2, 0) is 0 Å². The number of hydrogen-bond donors (Lipinski definition) is 1. The number of aromatic nitrogens is 1. The van der Waals surface area contributed by atoms with Crippen LogP contribution in [0.2, 0.25) is 0 Å². The number of likely N-dealkylation sites (tertiary alicyclic amines) is 1. The first-order chi connectivity index (χ1) is 11.5. The molecule has 1 aliphatic heterocycles. The molecule has 0 aliphatic carbocycles. The Morgan fingerprint density at radius 2 is 2.00 bits per heavy atom. The van der Waals surface area contributed by atoms with Crippen molar-refractivity contribution in [2.75, 3.05) is 27.2 Å². The quantitative estimate of drug-likeness (QED) is 0.923. The summed E-state index contributed by atoms with van der Waals surface area (Å²) in [4.78, 5) is 27.1.